The Morgan fingerprint density at radius 3 is 2.65 bits per heavy atom. The maximum absolute atomic E-state index is 2.62. The van der Waals surface area contributed by atoms with E-state index < -0.39 is 0 Å². The van der Waals surface area contributed by atoms with Crippen LogP contribution in [-0.2, 0) is 13.1 Å². The van der Waals surface area contributed by atoms with E-state index in [4.69, 9.17) is 0 Å². The summed E-state index contributed by atoms with van der Waals surface area (Å²) in [4.78, 5) is 5.11. The van der Waals surface area contributed by atoms with Gasteiger partial charge in [0.1, 0.15) is 0 Å². The van der Waals surface area contributed by atoms with E-state index >= 15 is 0 Å². The van der Waals surface area contributed by atoms with Crippen molar-refractivity contribution < 1.29 is 0 Å². The summed E-state index contributed by atoms with van der Waals surface area (Å²) in [7, 11) is 2.26. The molecule has 1 aliphatic heterocycles. The minimum atomic E-state index is 0.853. The molecule has 0 aliphatic carbocycles. The molecule has 0 radical (unpaired) electrons. The monoisotopic (exact) mass is 328 g/mol. The molecule has 2 nitrogen and oxygen atoms in total. The summed E-state index contributed by atoms with van der Waals surface area (Å²) in [6.45, 7) is 8.14. The average molecular weight is 329 g/mol. The summed E-state index contributed by atoms with van der Waals surface area (Å²) >= 11 is 1.80. The van der Waals surface area contributed by atoms with Gasteiger partial charge in [0.25, 0.3) is 0 Å². The highest BCUT2D eigenvalue weighted by molar-refractivity contribution is 7.07. The quantitative estimate of drug-likeness (QED) is 0.775. The Balaban J connectivity index is 1.42. The van der Waals surface area contributed by atoms with Gasteiger partial charge in [0, 0.05) is 19.6 Å². The van der Waals surface area contributed by atoms with Gasteiger partial charge in [-0.05, 0) is 79.3 Å². The second kappa shape index (κ2) is 8.09. The zero-order chi connectivity index (χ0) is 16.1. The predicted molar refractivity (Wildman–Crippen MR) is 99.8 cm³/mol. The zero-order valence-corrected chi connectivity index (χ0v) is 15.2. The SMILES string of the molecule is Cc1ccccc1CN1CCC(CN(C)Cc2ccsc2)CC1. The van der Waals surface area contributed by atoms with Gasteiger partial charge >= 0.3 is 0 Å². The van der Waals surface area contributed by atoms with Crippen molar-refractivity contribution in [2.45, 2.75) is 32.9 Å². The van der Waals surface area contributed by atoms with Gasteiger partial charge in [-0.3, -0.25) is 4.90 Å². The van der Waals surface area contributed by atoms with Crippen LogP contribution in [0.2, 0.25) is 0 Å². The zero-order valence-electron chi connectivity index (χ0n) is 14.4. The van der Waals surface area contributed by atoms with Gasteiger partial charge in [0.15, 0.2) is 0 Å². The number of aryl methyl sites for hydroxylation is 1. The van der Waals surface area contributed by atoms with Crippen LogP contribution in [-0.4, -0.2) is 36.5 Å². The van der Waals surface area contributed by atoms with E-state index in [0.717, 1.165) is 19.0 Å². The van der Waals surface area contributed by atoms with Gasteiger partial charge < -0.3 is 4.90 Å². The summed E-state index contributed by atoms with van der Waals surface area (Å²) < 4.78 is 0. The van der Waals surface area contributed by atoms with Gasteiger partial charge in [0.2, 0.25) is 0 Å². The van der Waals surface area contributed by atoms with Crippen LogP contribution in [0, 0.1) is 12.8 Å². The molecule has 0 atom stereocenters. The molecule has 3 heteroatoms. The molecule has 1 aromatic carbocycles. The Morgan fingerprint density at radius 2 is 1.96 bits per heavy atom. The van der Waals surface area contributed by atoms with Gasteiger partial charge in [0.05, 0.1) is 0 Å². The van der Waals surface area contributed by atoms with E-state index in [2.05, 4.69) is 64.9 Å². The maximum Gasteiger partial charge on any atom is 0.0239 e. The van der Waals surface area contributed by atoms with E-state index in [1.165, 1.54) is 49.2 Å². The molecule has 0 saturated carbocycles. The largest absolute Gasteiger partial charge is 0.302 e. The van der Waals surface area contributed by atoms with Crippen molar-refractivity contribution in [2.75, 3.05) is 26.7 Å². The van der Waals surface area contributed by atoms with E-state index in [1.807, 2.05) is 0 Å². The predicted octanol–water partition coefficient (Wildman–Crippen LogP) is 4.40. The average Bonchev–Trinajstić information content (AvgIpc) is 3.04. The van der Waals surface area contributed by atoms with Gasteiger partial charge in [-0.2, -0.15) is 11.3 Å². The van der Waals surface area contributed by atoms with Gasteiger partial charge in [-0.15, -0.1) is 0 Å². The number of thiophene rings is 1. The topological polar surface area (TPSA) is 6.48 Å². The van der Waals surface area contributed by atoms with Crippen LogP contribution in [0.3, 0.4) is 0 Å². The van der Waals surface area contributed by atoms with E-state index in [1.54, 1.807) is 11.3 Å². The molecule has 0 unspecified atom stereocenters. The Bertz CT molecular complexity index is 585. The van der Waals surface area contributed by atoms with Crippen LogP contribution in [0.4, 0.5) is 0 Å². The van der Waals surface area contributed by atoms with Gasteiger partial charge in [-0.1, -0.05) is 24.3 Å². The summed E-state index contributed by atoms with van der Waals surface area (Å²) in [5.74, 6) is 0.853. The standard InChI is InChI=1S/C20H28N2S/c1-17-5-3-4-6-20(17)15-22-10-7-18(8-11-22)13-21(2)14-19-9-12-23-16-19/h3-6,9,12,16,18H,7-8,10-11,13-15H2,1-2H3. The van der Waals surface area contributed by atoms with Crippen molar-refractivity contribution in [1.29, 1.82) is 0 Å². The third-order valence-electron chi connectivity index (χ3n) is 4.96. The summed E-state index contributed by atoms with van der Waals surface area (Å²) in [6.07, 6.45) is 2.67. The van der Waals surface area contributed by atoms with Crippen molar-refractivity contribution in [1.82, 2.24) is 9.80 Å². The highest BCUT2D eigenvalue weighted by atomic mass is 32.1. The first-order valence-corrected chi connectivity index (χ1v) is 9.61. The normalized spacial score (nSPS) is 17.0. The summed E-state index contributed by atoms with van der Waals surface area (Å²) in [6, 6.07) is 11.0. The minimum Gasteiger partial charge on any atom is -0.302 e. The smallest absolute Gasteiger partial charge is 0.0239 e. The molecule has 1 aromatic heterocycles. The van der Waals surface area contributed by atoms with Crippen LogP contribution < -0.4 is 0 Å². The van der Waals surface area contributed by atoms with Crippen LogP contribution >= 0.6 is 11.3 Å². The van der Waals surface area contributed by atoms with Crippen LogP contribution in [0.1, 0.15) is 29.5 Å². The lowest BCUT2D eigenvalue weighted by atomic mass is 9.95. The first-order valence-electron chi connectivity index (χ1n) is 8.67. The number of nitrogens with zero attached hydrogens (tertiary/aromatic N) is 2. The fourth-order valence-electron chi connectivity index (χ4n) is 3.56. The lowest BCUT2D eigenvalue weighted by Crippen LogP contribution is -2.37. The molecule has 2 heterocycles. The summed E-state index contributed by atoms with van der Waals surface area (Å²) in [5, 5.41) is 4.44. The van der Waals surface area contributed by atoms with Crippen LogP contribution in [0.15, 0.2) is 41.1 Å². The van der Waals surface area contributed by atoms with Crippen molar-refractivity contribution in [3.05, 3.63) is 57.8 Å². The number of hydrogen-bond donors (Lipinski definition) is 0. The third-order valence-corrected chi connectivity index (χ3v) is 5.70. The Kier molecular flexibility index (Phi) is 5.87. The Morgan fingerprint density at radius 1 is 1.17 bits per heavy atom. The maximum atomic E-state index is 2.62. The minimum absolute atomic E-state index is 0.853. The molecular formula is C20H28N2S. The molecule has 2 aromatic rings. The lowest BCUT2D eigenvalue weighted by molar-refractivity contribution is 0.147. The third kappa shape index (κ3) is 4.90. The molecule has 1 saturated heterocycles. The van der Waals surface area contributed by atoms with Crippen molar-refractivity contribution in [2.24, 2.45) is 5.92 Å². The molecule has 0 N–H and O–H groups in total. The lowest BCUT2D eigenvalue weighted by Gasteiger charge is -2.34. The van der Waals surface area contributed by atoms with Crippen LogP contribution in [0.25, 0.3) is 0 Å². The molecule has 0 amide bonds. The van der Waals surface area contributed by atoms with E-state index in [9.17, 15) is 0 Å². The van der Waals surface area contributed by atoms with E-state index in [0.29, 0.717) is 0 Å². The fourth-order valence-corrected chi connectivity index (χ4v) is 4.21. The molecule has 23 heavy (non-hydrogen) atoms. The number of rotatable bonds is 6. The fraction of sp³-hybridized carbons (Fsp3) is 0.500. The molecule has 1 fully saturated rings. The number of benzene rings is 1. The second-order valence-electron chi connectivity index (χ2n) is 6.97. The summed E-state index contributed by atoms with van der Waals surface area (Å²) in [5.41, 5.74) is 4.36. The first kappa shape index (κ1) is 16.7. The highest BCUT2D eigenvalue weighted by Crippen LogP contribution is 2.21. The van der Waals surface area contributed by atoms with Crippen molar-refractivity contribution in [3.8, 4) is 0 Å². The number of hydrogen-bond acceptors (Lipinski definition) is 3. The molecule has 0 bridgehead atoms. The molecule has 3 rings (SSSR count). The first-order chi connectivity index (χ1) is 11.2. The molecule has 1 aliphatic rings. The number of likely N-dealkylation sites (tertiary alicyclic amines) is 1. The van der Waals surface area contributed by atoms with E-state index in [-0.39, 0.29) is 0 Å². The molecular weight excluding hydrogens is 300 g/mol. The van der Waals surface area contributed by atoms with Crippen molar-refractivity contribution in [3.63, 3.8) is 0 Å². The molecule has 124 valence electrons. The van der Waals surface area contributed by atoms with Gasteiger partial charge in [-0.25, -0.2) is 0 Å². The Labute approximate surface area is 144 Å². The molecule has 0 spiro atoms. The second-order valence-corrected chi connectivity index (χ2v) is 7.75. The van der Waals surface area contributed by atoms with Crippen LogP contribution in [0.5, 0.6) is 0 Å². The van der Waals surface area contributed by atoms with Crippen molar-refractivity contribution >= 4 is 11.3 Å². The number of piperidine rings is 1. The Hall–Kier alpha value is -1.16. The highest BCUT2D eigenvalue weighted by Gasteiger charge is 2.20.